The minimum atomic E-state index is -0.316. The zero-order valence-corrected chi connectivity index (χ0v) is 17.9. The van der Waals surface area contributed by atoms with Gasteiger partial charge >= 0.3 is 5.97 Å². The maximum absolute atomic E-state index is 12.4. The van der Waals surface area contributed by atoms with E-state index in [-0.39, 0.29) is 11.9 Å². The van der Waals surface area contributed by atoms with Gasteiger partial charge in [0.2, 0.25) is 0 Å². The molecule has 0 saturated carbocycles. The standard InChI is InChI=1S/C20H23N3O4S2/c1-26-19(25)16-13-5-2-3-7-15(13)29-17(16)21-20(28)23-10-8-22(9-11-23)18(24)14-6-4-12-27-14/h4,6,12H,2-3,5,7-11H2,1H3,(H,21,28). The van der Waals surface area contributed by atoms with Crippen LogP contribution < -0.4 is 5.32 Å². The lowest BCUT2D eigenvalue weighted by atomic mass is 9.95. The number of esters is 1. The van der Waals surface area contributed by atoms with Crippen molar-refractivity contribution < 1.29 is 18.7 Å². The summed E-state index contributed by atoms with van der Waals surface area (Å²) in [5.41, 5.74) is 1.73. The van der Waals surface area contributed by atoms with Gasteiger partial charge in [-0.05, 0) is 55.6 Å². The highest BCUT2D eigenvalue weighted by molar-refractivity contribution is 7.80. The molecule has 4 rings (SSSR count). The first kappa shape index (κ1) is 19.9. The number of thiophene rings is 1. The fourth-order valence-electron chi connectivity index (χ4n) is 3.82. The van der Waals surface area contributed by atoms with Crippen LogP contribution in [0.25, 0.3) is 0 Å². The Morgan fingerprint density at radius 2 is 1.90 bits per heavy atom. The Hall–Kier alpha value is -2.39. The molecule has 29 heavy (non-hydrogen) atoms. The number of hydrogen-bond donors (Lipinski definition) is 1. The molecule has 1 aliphatic carbocycles. The number of nitrogens with zero attached hydrogens (tertiary/aromatic N) is 2. The Kier molecular flexibility index (Phi) is 5.86. The predicted octanol–water partition coefficient (Wildman–Crippen LogP) is 3.16. The number of furan rings is 1. The smallest absolute Gasteiger partial charge is 0.341 e. The molecule has 1 saturated heterocycles. The second-order valence-corrected chi connectivity index (χ2v) is 8.59. The number of piperazine rings is 1. The first-order chi connectivity index (χ1) is 14.1. The fraction of sp³-hybridized carbons (Fsp3) is 0.450. The van der Waals surface area contributed by atoms with E-state index in [2.05, 4.69) is 5.32 Å². The number of amides is 1. The van der Waals surface area contributed by atoms with E-state index in [1.54, 1.807) is 28.4 Å². The maximum atomic E-state index is 12.4. The molecule has 1 amide bonds. The molecule has 0 aromatic carbocycles. The van der Waals surface area contributed by atoms with Crippen LogP contribution >= 0.6 is 23.6 Å². The van der Waals surface area contributed by atoms with Crippen LogP contribution in [-0.4, -0.2) is 60.1 Å². The summed E-state index contributed by atoms with van der Waals surface area (Å²) in [5, 5.41) is 4.61. The van der Waals surface area contributed by atoms with Crippen LogP contribution in [0.2, 0.25) is 0 Å². The highest BCUT2D eigenvalue weighted by Crippen LogP contribution is 2.38. The lowest BCUT2D eigenvalue weighted by Crippen LogP contribution is -2.51. The molecule has 3 heterocycles. The normalized spacial score (nSPS) is 16.3. The van der Waals surface area contributed by atoms with Crippen molar-refractivity contribution in [3.63, 3.8) is 0 Å². The molecule has 0 radical (unpaired) electrons. The number of fused-ring (bicyclic) bond motifs is 1. The molecular weight excluding hydrogens is 410 g/mol. The van der Waals surface area contributed by atoms with Crippen molar-refractivity contribution in [1.29, 1.82) is 0 Å². The molecule has 0 unspecified atom stereocenters. The van der Waals surface area contributed by atoms with Crippen LogP contribution in [0.15, 0.2) is 22.8 Å². The molecule has 0 atom stereocenters. The minimum absolute atomic E-state index is 0.104. The molecule has 0 spiro atoms. The zero-order valence-electron chi connectivity index (χ0n) is 16.2. The summed E-state index contributed by atoms with van der Waals surface area (Å²) in [6.07, 6.45) is 5.62. The van der Waals surface area contributed by atoms with Gasteiger partial charge in [0.25, 0.3) is 5.91 Å². The van der Waals surface area contributed by atoms with Crippen molar-refractivity contribution in [3.05, 3.63) is 40.2 Å². The number of nitrogens with one attached hydrogen (secondary N) is 1. The number of thiocarbonyl (C=S) groups is 1. The van der Waals surface area contributed by atoms with Crippen LogP contribution in [-0.2, 0) is 17.6 Å². The van der Waals surface area contributed by atoms with E-state index < -0.39 is 0 Å². The molecule has 9 heteroatoms. The van der Waals surface area contributed by atoms with Crippen molar-refractivity contribution in [1.82, 2.24) is 9.80 Å². The molecule has 2 aromatic heterocycles. The monoisotopic (exact) mass is 433 g/mol. The molecule has 7 nitrogen and oxygen atoms in total. The van der Waals surface area contributed by atoms with E-state index in [0.29, 0.717) is 42.6 Å². The summed E-state index contributed by atoms with van der Waals surface area (Å²) in [7, 11) is 1.41. The number of aryl methyl sites for hydroxylation is 1. The summed E-state index contributed by atoms with van der Waals surface area (Å²) >= 11 is 7.21. The second-order valence-electron chi connectivity index (χ2n) is 7.09. The third-order valence-electron chi connectivity index (χ3n) is 5.37. The van der Waals surface area contributed by atoms with Crippen molar-refractivity contribution >= 4 is 45.5 Å². The van der Waals surface area contributed by atoms with Gasteiger partial charge in [0.1, 0.15) is 5.00 Å². The van der Waals surface area contributed by atoms with Gasteiger partial charge in [-0.25, -0.2) is 4.79 Å². The van der Waals surface area contributed by atoms with Gasteiger partial charge in [-0.3, -0.25) is 4.79 Å². The average Bonchev–Trinajstić information content (AvgIpc) is 3.40. The first-order valence-electron chi connectivity index (χ1n) is 9.70. The number of carbonyl (C=O) groups excluding carboxylic acids is 2. The van der Waals surface area contributed by atoms with E-state index >= 15 is 0 Å². The largest absolute Gasteiger partial charge is 0.465 e. The van der Waals surface area contributed by atoms with Gasteiger partial charge in [0.15, 0.2) is 10.9 Å². The van der Waals surface area contributed by atoms with Gasteiger partial charge in [0.05, 0.1) is 18.9 Å². The molecule has 0 bridgehead atoms. The number of methoxy groups -OCH3 is 1. The Balaban J connectivity index is 1.42. The average molecular weight is 434 g/mol. The van der Waals surface area contributed by atoms with Gasteiger partial charge in [0, 0.05) is 31.1 Å². The molecule has 1 aliphatic heterocycles. The quantitative estimate of drug-likeness (QED) is 0.589. The van der Waals surface area contributed by atoms with Crippen molar-refractivity contribution in [3.8, 4) is 0 Å². The van der Waals surface area contributed by atoms with E-state index in [0.717, 1.165) is 36.2 Å². The first-order valence-corrected chi connectivity index (χ1v) is 10.9. The van der Waals surface area contributed by atoms with Gasteiger partial charge in [-0.1, -0.05) is 0 Å². The SMILES string of the molecule is COC(=O)c1c(NC(=S)N2CCN(C(=O)c3ccco3)CC2)sc2c1CCCC2. The Morgan fingerprint density at radius 1 is 1.17 bits per heavy atom. The van der Waals surface area contributed by atoms with E-state index in [1.165, 1.54) is 18.3 Å². The molecule has 1 N–H and O–H groups in total. The Morgan fingerprint density at radius 3 is 2.59 bits per heavy atom. The Bertz CT molecular complexity index is 915. The number of hydrogen-bond acceptors (Lipinski definition) is 6. The minimum Gasteiger partial charge on any atom is -0.465 e. The van der Waals surface area contributed by atoms with E-state index in [4.69, 9.17) is 21.4 Å². The summed E-state index contributed by atoms with van der Waals surface area (Å²) < 4.78 is 10.2. The number of rotatable bonds is 3. The van der Waals surface area contributed by atoms with Crippen molar-refractivity contribution in [2.75, 3.05) is 38.6 Å². The van der Waals surface area contributed by atoms with Crippen LogP contribution in [0, 0.1) is 0 Å². The fourth-order valence-corrected chi connectivity index (χ4v) is 5.44. The topological polar surface area (TPSA) is 75.0 Å². The van der Waals surface area contributed by atoms with Gasteiger partial charge < -0.3 is 24.3 Å². The Labute approximate surface area is 178 Å². The van der Waals surface area contributed by atoms with E-state index in [9.17, 15) is 9.59 Å². The van der Waals surface area contributed by atoms with Gasteiger partial charge in [-0.15, -0.1) is 11.3 Å². The highest BCUT2D eigenvalue weighted by atomic mass is 32.1. The number of anilines is 1. The highest BCUT2D eigenvalue weighted by Gasteiger charge is 2.29. The third kappa shape index (κ3) is 4.02. The zero-order chi connectivity index (χ0) is 20.4. The predicted molar refractivity (Wildman–Crippen MR) is 115 cm³/mol. The van der Waals surface area contributed by atoms with Crippen molar-refractivity contribution in [2.45, 2.75) is 25.7 Å². The molecular formula is C20H23N3O4S2. The van der Waals surface area contributed by atoms with Crippen molar-refractivity contribution in [2.24, 2.45) is 0 Å². The summed E-state index contributed by atoms with van der Waals surface area (Å²) in [5.74, 6) is -0.0676. The van der Waals surface area contributed by atoms with Crippen LogP contribution in [0.5, 0.6) is 0 Å². The van der Waals surface area contributed by atoms with Crippen LogP contribution in [0.1, 0.15) is 44.2 Å². The molecule has 2 aromatic rings. The number of carbonyl (C=O) groups is 2. The number of ether oxygens (including phenoxy) is 1. The van der Waals surface area contributed by atoms with E-state index in [1.807, 2.05) is 4.90 Å². The maximum Gasteiger partial charge on any atom is 0.341 e. The summed E-state index contributed by atoms with van der Waals surface area (Å²) in [4.78, 5) is 29.8. The lowest BCUT2D eigenvalue weighted by molar-refractivity contribution is 0.0599. The summed E-state index contributed by atoms with van der Waals surface area (Å²) in [6, 6.07) is 3.38. The van der Waals surface area contributed by atoms with Gasteiger partial charge in [-0.2, -0.15) is 0 Å². The third-order valence-corrected chi connectivity index (χ3v) is 6.93. The molecule has 1 fully saturated rings. The summed E-state index contributed by atoms with van der Waals surface area (Å²) in [6.45, 7) is 2.37. The lowest BCUT2D eigenvalue weighted by Gasteiger charge is -2.35. The van der Waals surface area contributed by atoms with Crippen LogP contribution in [0.3, 0.4) is 0 Å². The molecule has 2 aliphatic rings. The van der Waals surface area contributed by atoms with Crippen LogP contribution in [0.4, 0.5) is 5.00 Å². The second kappa shape index (κ2) is 8.54. The molecule has 154 valence electrons.